The SMILES string of the molecule is CC1CCC(C(=O)Nc2ccc(OC(F)F)cc2)CN1. The third-order valence-electron chi connectivity index (χ3n) is 3.38. The summed E-state index contributed by atoms with van der Waals surface area (Å²) in [5.74, 6) is -0.0266. The topological polar surface area (TPSA) is 50.4 Å². The van der Waals surface area contributed by atoms with Crippen molar-refractivity contribution in [2.45, 2.75) is 32.4 Å². The third kappa shape index (κ3) is 4.16. The van der Waals surface area contributed by atoms with Gasteiger partial charge in [-0.05, 0) is 44.0 Å². The Morgan fingerprint density at radius 1 is 1.35 bits per heavy atom. The molecule has 1 heterocycles. The Labute approximate surface area is 116 Å². The predicted octanol–water partition coefficient (Wildman–Crippen LogP) is 2.61. The van der Waals surface area contributed by atoms with Crippen LogP contribution in [-0.4, -0.2) is 25.1 Å². The van der Waals surface area contributed by atoms with Gasteiger partial charge in [-0.1, -0.05) is 0 Å². The number of benzene rings is 1. The number of ether oxygens (including phenoxy) is 1. The molecule has 0 aliphatic carbocycles. The lowest BCUT2D eigenvalue weighted by atomic mass is 9.95. The van der Waals surface area contributed by atoms with Gasteiger partial charge in [0.25, 0.3) is 0 Å². The molecule has 6 heteroatoms. The van der Waals surface area contributed by atoms with Gasteiger partial charge >= 0.3 is 6.61 Å². The molecule has 2 unspecified atom stereocenters. The maximum Gasteiger partial charge on any atom is 0.387 e. The minimum atomic E-state index is -2.84. The summed E-state index contributed by atoms with van der Waals surface area (Å²) in [6.07, 6.45) is 1.83. The van der Waals surface area contributed by atoms with E-state index in [-0.39, 0.29) is 17.6 Å². The molecule has 2 N–H and O–H groups in total. The summed E-state index contributed by atoms with van der Waals surface area (Å²) in [5, 5.41) is 6.05. The van der Waals surface area contributed by atoms with Gasteiger partial charge < -0.3 is 15.4 Å². The van der Waals surface area contributed by atoms with Crippen LogP contribution >= 0.6 is 0 Å². The van der Waals surface area contributed by atoms with Crippen molar-refractivity contribution < 1.29 is 18.3 Å². The van der Waals surface area contributed by atoms with Gasteiger partial charge in [0.05, 0.1) is 5.92 Å². The van der Waals surface area contributed by atoms with E-state index >= 15 is 0 Å². The van der Waals surface area contributed by atoms with Crippen molar-refractivity contribution in [3.8, 4) is 5.75 Å². The summed E-state index contributed by atoms with van der Waals surface area (Å²) >= 11 is 0. The molecule has 1 aromatic rings. The normalized spacial score (nSPS) is 22.6. The Morgan fingerprint density at radius 2 is 2.05 bits per heavy atom. The molecule has 0 spiro atoms. The second kappa shape index (κ2) is 6.65. The standard InChI is InChI=1S/C14H18F2N2O2/c1-9-2-3-10(8-17-9)13(19)18-11-4-6-12(7-5-11)20-14(15)16/h4-7,9-10,14,17H,2-3,8H2,1H3,(H,18,19). The molecule has 110 valence electrons. The Bertz CT molecular complexity index is 443. The van der Waals surface area contributed by atoms with E-state index in [1.54, 1.807) is 12.1 Å². The average Bonchev–Trinajstić information content (AvgIpc) is 2.41. The van der Waals surface area contributed by atoms with Gasteiger partial charge in [0.15, 0.2) is 0 Å². The summed E-state index contributed by atoms with van der Waals surface area (Å²) < 4.78 is 28.3. The van der Waals surface area contributed by atoms with Crippen molar-refractivity contribution in [3.63, 3.8) is 0 Å². The summed E-state index contributed by atoms with van der Waals surface area (Å²) in [6.45, 7) is -0.0825. The molecule has 0 radical (unpaired) electrons. The monoisotopic (exact) mass is 284 g/mol. The Morgan fingerprint density at radius 3 is 2.60 bits per heavy atom. The largest absolute Gasteiger partial charge is 0.435 e. The fourth-order valence-electron chi connectivity index (χ4n) is 2.19. The number of carbonyl (C=O) groups is 1. The first kappa shape index (κ1) is 14.7. The quantitative estimate of drug-likeness (QED) is 0.893. The average molecular weight is 284 g/mol. The van der Waals surface area contributed by atoms with Crippen LogP contribution in [0.3, 0.4) is 0 Å². The molecule has 2 atom stereocenters. The van der Waals surface area contributed by atoms with Gasteiger partial charge in [-0.15, -0.1) is 0 Å². The van der Waals surface area contributed by atoms with Crippen LogP contribution in [0, 0.1) is 5.92 Å². The van der Waals surface area contributed by atoms with E-state index in [1.807, 2.05) is 0 Å². The number of hydrogen-bond donors (Lipinski definition) is 2. The van der Waals surface area contributed by atoms with Crippen LogP contribution in [0.1, 0.15) is 19.8 Å². The summed E-state index contributed by atoms with van der Waals surface area (Å²) in [4.78, 5) is 12.0. The van der Waals surface area contributed by atoms with Crippen molar-refractivity contribution in [2.75, 3.05) is 11.9 Å². The molecule has 1 fully saturated rings. The number of nitrogens with one attached hydrogen (secondary N) is 2. The molecule has 0 aromatic heterocycles. The van der Waals surface area contributed by atoms with Crippen molar-refractivity contribution in [2.24, 2.45) is 5.92 Å². The van der Waals surface area contributed by atoms with Gasteiger partial charge in [-0.25, -0.2) is 0 Å². The van der Waals surface area contributed by atoms with Crippen LogP contribution in [-0.2, 0) is 4.79 Å². The highest BCUT2D eigenvalue weighted by Crippen LogP contribution is 2.20. The fourth-order valence-corrected chi connectivity index (χ4v) is 2.19. The summed E-state index contributed by atoms with van der Waals surface area (Å²) in [5.41, 5.74) is 0.579. The Balaban J connectivity index is 1.88. The maximum absolute atomic E-state index is 12.0. The second-order valence-electron chi connectivity index (χ2n) is 4.98. The van der Waals surface area contributed by atoms with E-state index in [0.29, 0.717) is 18.3 Å². The molecule has 1 aliphatic rings. The van der Waals surface area contributed by atoms with E-state index < -0.39 is 6.61 Å². The number of hydrogen-bond acceptors (Lipinski definition) is 3. The van der Waals surface area contributed by atoms with E-state index in [0.717, 1.165) is 12.8 Å². The molecule has 20 heavy (non-hydrogen) atoms. The first-order valence-corrected chi connectivity index (χ1v) is 6.63. The molecule has 1 saturated heterocycles. The first-order chi connectivity index (χ1) is 9.54. The lowest BCUT2D eigenvalue weighted by Gasteiger charge is -2.26. The van der Waals surface area contributed by atoms with Gasteiger partial charge in [-0.3, -0.25) is 4.79 Å². The number of rotatable bonds is 4. The molecule has 1 aromatic carbocycles. The molecule has 1 aliphatic heterocycles. The minimum Gasteiger partial charge on any atom is -0.435 e. The number of alkyl halides is 2. The van der Waals surface area contributed by atoms with Gasteiger partial charge in [0.1, 0.15) is 5.75 Å². The summed E-state index contributed by atoms with van der Waals surface area (Å²) in [6, 6.07) is 6.36. The Kier molecular flexibility index (Phi) is 4.89. The van der Waals surface area contributed by atoms with Gasteiger partial charge in [-0.2, -0.15) is 8.78 Å². The Hall–Kier alpha value is -1.69. The van der Waals surface area contributed by atoms with Crippen LogP contribution in [0.2, 0.25) is 0 Å². The number of carbonyl (C=O) groups excluding carboxylic acids is 1. The third-order valence-corrected chi connectivity index (χ3v) is 3.38. The van der Waals surface area contributed by atoms with Crippen molar-refractivity contribution in [3.05, 3.63) is 24.3 Å². The van der Waals surface area contributed by atoms with E-state index in [1.165, 1.54) is 12.1 Å². The highest BCUT2D eigenvalue weighted by atomic mass is 19.3. The highest BCUT2D eigenvalue weighted by molar-refractivity contribution is 5.92. The fraction of sp³-hybridized carbons (Fsp3) is 0.500. The van der Waals surface area contributed by atoms with E-state index in [9.17, 15) is 13.6 Å². The predicted molar refractivity (Wildman–Crippen MR) is 71.9 cm³/mol. The van der Waals surface area contributed by atoms with Crippen LogP contribution < -0.4 is 15.4 Å². The van der Waals surface area contributed by atoms with Crippen molar-refractivity contribution in [1.29, 1.82) is 0 Å². The minimum absolute atomic E-state index is 0.0491. The number of amides is 1. The zero-order chi connectivity index (χ0) is 14.5. The van der Waals surface area contributed by atoms with Crippen LogP contribution in [0.15, 0.2) is 24.3 Å². The molecule has 1 amide bonds. The van der Waals surface area contributed by atoms with Crippen molar-refractivity contribution in [1.82, 2.24) is 5.32 Å². The van der Waals surface area contributed by atoms with Gasteiger partial charge in [0.2, 0.25) is 5.91 Å². The lowest BCUT2D eigenvalue weighted by molar-refractivity contribution is -0.120. The van der Waals surface area contributed by atoms with E-state index in [4.69, 9.17) is 0 Å². The summed E-state index contributed by atoms with van der Waals surface area (Å²) in [7, 11) is 0. The molecule has 2 rings (SSSR count). The molecule has 4 nitrogen and oxygen atoms in total. The maximum atomic E-state index is 12.0. The smallest absolute Gasteiger partial charge is 0.387 e. The van der Waals surface area contributed by atoms with Crippen LogP contribution in [0.5, 0.6) is 5.75 Å². The van der Waals surface area contributed by atoms with E-state index in [2.05, 4.69) is 22.3 Å². The molecular formula is C14H18F2N2O2. The van der Waals surface area contributed by atoms with Crippen molar-refractivity contribution >= 4 is 11.6 Å². The highest BCUT2D eigenvalue weighted by Gasteiger charge is 2.23. The zero-order valence-electron chi connectivity index (χ0n) is 11.2. The molecule has 0 bridgehead atoms. The van der Waals surface area contributed by atoms with Crippen LogP contribution in [0.4, 0.5) is 14.5 Å². The number of piperidine rings is 1. The first-order valence-electron chi connectivity index (χ1n) is 6.63. The second-order valence-corrected chi connectivity index (χ2v) is 4.98. The molecule has 0 saturated carbocycles. The lowest BCUT2D eigenvalue weighted by Crippen LogP contribution is -2.41. The number of anilines is 1. The van der Waals surface area contributed by atoms with Gasteiger partial charge in [0, 0.05) is 18.3 Å². The number of halogens is 2. The van der Waals surface area contributed by atoms with Crippen LogP contribution in [0.25, 0.3) is 0 Å². The zero-order valence-corrected chi connectivity index (χ0v) is 11.2. The molecular weight excluding hydrogens is 266 g/mol.